The fourth-order valence-corrected chi connectivity index (χ4v) is 3.61. The van der Waals surface area contributed by atoms with Gasteiger partial charge in [-0.3, -0.25) is 4.90 Å². The molecule has 19 heavy (non-hydrogen) atoms. The number of aromatic nitrogens is 1. The van der Waals surface area contributed by atoms with Crippen molar-refractivity contribution in [1.82, 2.24) is 14.8 Å². The Morgan fingerprint density at radius 2 is 2.16 bits per heavy atom. The molecule has 1 aromatic heterocycles. The third-order valence-electron chi connectivity index (χ3n) is 3.91. The van der Waals surface area contributed by atoms with Gasteiger partial charge in [0, 0.05) is 30.2 Å². The number of hydrogen-bond donors (Lipinski definition) is 1. The van der Waals surface area contributed by atoms with Crippen molar-refractivity contribution in [3.63, 3.8) is 0 Å². The number of piperidine rings is 1. The van der Waals surface area contributed by atoms with Gasteiger partial charge in [-0.2, -0.15) is 0 Å². The van der Waals surface area contributed by atoms with Crippen LogP contribution in [0.3, 0.4) is 0 Å². The molecule has 1 N–H and O–H groups in total. The van der Waals surface area contributed by atoms with Crippen LogP contribution in [0.2, 0.25) is 0 Å². The molecule has 0 saturated carbocycles. The van der Waals surface area contributed by atoms with Crippen molar-refractivity contribution in [1.29, 1.82) is 0 Å². The largest absolute Gasteiger partial charge is 0.362 e. The van der Waals surface area contributed by atoms with Crippen LogP contribution in [-0.2, 0) is 6.54 Å². The van der Waals surface area contributed by atoms with Gasteiger partial charge >= 0.3 is 0 Å². The molecular formula is C14H26N4S. The van der Waals surface area contributed by atoms with Crippen molar-refractivity contribution in [3.8, 4) is 0 Å². The molecule has 2 heterocycles. The Morgan fingerprint density at radius 3 is 2.79 bits per heavy atom. The first-order chi connectivity index (χ1) is 9.22. The smallest absolute Gasteiger partial charge is 0.182 e. The van der Waals surface area contributed by atoms with E-state index in [2.05, 4.69) is 41.0 Å². The van der Waals surface area contributed by atoms with Gasteiger partial charge in [-0.25, -0.2) is 4.98 Å². The van der Waals surface area contributed by atoms with Gasteiger partial charge in [0.15, 0.2) is 5.13 Å². The van der Waals surface area contributed by atoms with Crippen LogP contribution in [0, 0.1) is 0 Å². The lowest BCUT2D eigenvalue weighted by Crippen LogP contribution is -2.42. The fraction of sp³-hybridized carbons (Fsp3) is 0.786. The van der Waals surface area contributed by atoms with E-state index in [1.807, 2.05) is 6.20 Å². The summed E-state index contributed by atoms with van der Waals surface area (Å²) in [5, 5.41) is 4.32. The summed E-state index contributed by atoms with van der Waals surface area (Å²) in [5.41, 5.74) is 0. The summed E-state index contributed by atoms with van der Waals surface area (Å²) in [4.78, 5) is 10.8. The molecule has 1 aliphatic heterocycles. The topological polar surface area (TPSA) is 31.4 Å². The van der Waals surface area contributed by atoms with Crippen LogP contribution in [0.15, 0.2) is 6.20 Å². The van der Waals surface area contributed by atoms with Crippen LogP contribution in [-0.4, -0.2) is 54.1 Å². The van der Waals surface area contributed by atoms with Crippen molar-refractivity contribution in [3.05, 3.63) is 11.1 Å². The maximum Gasteiger partial charge on any atom is 0.182 e. The van der Waals surface area contributed by atoms with Crippen molar-refractivity contribution in [2.24, 2.45) is 0 Å². The summed E-state index contributed by atoms with van der Waals surface area (Å²) < 4.78 is 0. The molecule has 108 valence electrons. The highest BCUT2D eigenvalue weighted by molar-refractivity contribution is 7.15. The minimum atomic E-state index is 0.729. The maximum absolute atomic E-state index is 4.40. The highest BCUT2D eigenvalue weighted by Gasteiger charge is 2.21. The van der Waals surface area contributed by atoms with Gasteiger partial charge in [0.1, 0.15) is 0 Å². The molecule has 1 aromatic rings. The third kappa shape index (κ3) is 4.16. The Hall–Kier alpha value is -0.650. The second-order valence-corrected chi connectivity index (χ2v) is 6.36. The molecule has 0 aliphatic carbocycles. The summed E-state index contributed by atoms with van der Waals surface area (Å²) >= 11 is 1.78. The van der Waals surface area contributed by atoms with E-state index in [0.717, 1.165) is 24.3 Å². The molecular weight excluding hydrogens is 256 g/mol. The van der Waals surface area contributed by atoms with E-state index in [9.17, 15) is 0 Å². The van der Waals surface area contributed by atoms with Gasteiger partial charge in [-0.05, 0) is 46.4 Å². The van der Waals surface area contributed by atoms with E-state index in [0.29, 0.717) is 0 Å². The minimum Gasteiger partial charge on any atom is -0.362 e. The first-order valence-corrected chi connectivity index (χ1v) is 8.15. The number of anilines is 1. The number of likely N-dealkylation sites (tertiary alicyclic amines) is 1. The average molecular weight is 282 g/mol. The van der Waals surface area contributed by atoms with Gasteiger partial charge in [-0.1, -0.05) is 6.92 Å². The van der Waals surface area contributed by atoms with Crippen LogP contribution < -0.4 is 5.32 Å². The summed E-state index contributed by atoms with van der Waals surface area (Å²) in [6.07, 6.45) is 4.60. The lowest BCUT2D eigenvalue weighted by molar-refractivity contribution is 0.128. The summed E-state index contributed by atoms with van der Waals surface area (Å²) in [6, 6.07) is 0.729. The molecule has 1 fully saturated rings. The van der Waals surface area contributed by atoms with E-state index >= 15 is 0 Å². The zero-order valence-electron chi connectivity index (χ0n) is 12.4. The number of hydrogen-bond acceptors (Lipinski definition) is 5. The van der Waals surface area contributed by atoms with Gasteiger partial charge < -0.3 is 10.2 Å². The third-order valence-corrected chi connectivity index (χ3v) is 4.85. The van der Waals surface area contributed by atoms with E-state index in [1.165, 1.54) is 37.4 Å². The van der Waals surface area contributed by atoms with Crippen molar-refractivity contribution >= 4 is 16.5 Å². The molecule has 1 saturated heterocycles. The molecule has 5 heteroatoms. The predicted octanol–water partition coefficient (Wildman–Crippen LogP) is 2.49. The normalized spacial score (nSPS) is 18.1. The van der Waals surface area contributed by atoms with Crippen molar-refractivity contribution in [2.75, 3.05) is 38.5 Å². The van der Waals surface area contributed by atoms with Crippen LogP contribution in [0.25, 0.3) is 0 Å². The molecule has 4 nitrogen and oxygen atoms in total. The predicted molar refractivity (Wildman–Crippen MR) is 82.9 cm³/mol. The molecule has 0 aromatic carbocycles. The first-order valence-electron chi connectivity index (χ1n) is 7.34. The number of nitrogens with one attached hydrogen (secondary N) is 1. The number of thiazole rings is 1. The summed E-state index contributed by atoms with van der Waals surface area (Å²) in [6.45, 7) is 10.0. The van der Waals surface area contributed by atoms with E-state index < -0.39 is 0 Å². The molecule has 0 atom stereocenters. The van der Waals surface area contributed by atoms with Crippen LogP contribution in [0.4, 0.5) is 5.13 Å². The van der Waals surface area contributed by atoms with Crippen LogP contribution >= 0.6 is 11.3 Å². The Bertz CT molecular complexity index is 371. The zero-order chi connectivity index (χ0) is 13.7. The minimum absolute atomic E-state index is 0.729. The Balaban J connectivity index is 1.81. The zero-order valence-corrected chi connectivity index (χ0v) is 13.2. The number of rotatable bonds is 6. The summed E-state index contributed by atoms with van der Waals surface area (Å²) in [5.74, 6) is 0. The number of nitrogens with zero attached hydrogens (tertiary/aromatic N) is 3. The highest BCUT2D eigenvalue weighted by Crippen LogP contribution is 2.22. The second kappa shape index (κ2) is 7.22. The fourth-order valence-electron chi connectivity index (χ4n) is 2.66. The standard InChI is InChI=1S/C14H26N4S/c1-4-15-14-16-10-13(19-14)11-17(3)12-6-8-18(5-2)9-7-12/h10,12H,4-9,11H2,1-3H3,(H,15,16). The molecule has 0 bridgehead atoms. The Morgan fingerprint density at radius 1 is 1.42 bits per heavy atom. The Labute approximate surface area is 120 Å². The van der Waals surface area contributed by atoms with E-state index in [1.54, 1.807) is 11.3 Å². The quantitative estimate of drug-likeness (QED) is 0.868. The van der Waals surface area contributed by atoms with E-state index in [-0.39, 0.29) is 0 Å². The lowest BCUT2D eigenvalue weighted by Gasteiger charge is -2.36. The molecule has 0 unspecified atom stereocenters. The maximum atomic E-state index is 4.40. The van der Waals surface area contributed by atoms with Gasteiger partial charge in [-0.15, -0.1) is 11.3 Å². The average Bonchev–Trinajstić information content (AvgIpc) is 2.86. The monoisotopic (exact) mass is 282 g/mol. The molecule has 2 rings (SSSR count). The van der Waals surface area contributed by atoms with Gasteiger partial charge in [0.2, 0.25) is 0 Å². The van der Waals surface area contributed by atoms with E-state index in [4.69, 9.17) is 0 Å². The summed E-state index contributed by atoms with van der Waals surface area (Å²) in [7, 11) is 2.25. The van der Waals surface area contributed by atoms with Crippen molar-refractivity contribution in [2.45, 2.75) is 39.3 Å². The first kappa shape index (κ1) is 14.8. The van der Waals surface area contributed by atoms with Crippen molar-refractivity contribution < 1.29 is 0 Å². The Kier molecular flexibility index (Phi) is 5.60. The molecule has 0 spiro atoms. The molecule has 0 amide bonds. The van der Waals surface area contributed by atoms with Gasteiger partial charge in [0.25, 0.3) is 0 Å². The van der Waals surface area contributed by atoms with Gasteiger partial charge in [0.05, 0.1) is 0 Å². The van der Waals surface area contributed by atoms with Crippen LogP contribution in [0.5, 0.6) is 0 Å². The SMILES string of the molecule is CCNc1ncc(CN(C)C2CCN(CC)CC2)s1. The lowest BCUT2D eigenvalue weighted by atomic mass is 10.0. The molecule has 0 radical (unpaired) electrons. The van der Waals surface area contributed by atoms with Crippen LogP contribution in [0.1, 0.15) is 31.6 Å². The molecule has 1 aliphatic rings. The second-order valence-electron chi connectivity index (χ2n) is 5.24. The highest BCUT2D eigenvalue weighted by atomic mass is 32.1.